The summed E-state index contributed by atoms with van der Waals surface area (Å²) >= 11 is 0. The maximum atomic E-state index is 14.5. The van der Waals surface area contributed by atoms with Crippen molar-refractivity contribution in [2.24, 2.45) is 0 Å². The quantitative estimate of drug-likeness (QED) is 0.588. The Balaban J connectivity index is 1.40. The number of carbonyl (C=O) groups is 1. The number of halogens is 1. The van der Waals surface area contributed by atoms with Gasteiger partial charge in [-0.3, -0.25) is 4.57 Å². The first-order valence-corrected chi connectivity index (χ1v) is 10.6. The number of hydrogen-bond acceptors (Lipinski definition) is 5. The van der Waals surface area contributed by atoms with Crippen LogP contribution in [0.4, 0.5) is 9.18 Å². The number of rotatable bonds is 3. The van der Waals surface area contributed by atoms with Gasteiger partial charge in [-0.05, 0) is 51.1 Å². The van der Waals surface area contributed by atoms with Gasteiger partial charge in [0.15, 0.2) is 0 Å². The molecule has 1 saturated heterocycles. The van der Waals surface area contributed by atoms with Crippen molar-refractivity contribution >= 4 is 17.0 Å². The van der Waals surface area contributed by atoms with E-state index in [0.717, 1.165) is 0 Å². The molecule has 0 atom stereocenters. The summed E-state index contributed by atoms with van der Waals surface area (Å²) in [5, 5.41) is 9.66. The minimum Gasteiger partial charge on any atom is -0.489 e. The smallest absolute Gasteiger partial charge is 0.410 e. The molecule has 1 aliphatic rings. The predicted molar refractivity (Wildman–Crippen MR) is 117 cm³/mol. The van der Waals surface area contributed by atoms with Crippen molar-refractivity contribution in [1.82, 2.24) is 14.5 Å². The van der Waals surface area contributed by atoms with E-state index < -0.39 is 11.4 Å². The molecule has 0 unspecified atom stereocenters. The molecule has 1 aliphatic heterocycles. The van der Waals surface area contributed by atoms with Crippen LogP contribution >= 0.6 is 0 Å². The van der Waals surface area contributed by atoms with Crippen LogP contribution in [0.2, 0.25) is 0 Å². The standard InChI is InChI=1S/C24H25FN4O3/c1-24(2,3)32-23(30)28-9-7-18(8-10-28)31-19-4-5-21(27-15-19)29-11-6-17-12-16(14-26)13-20(25)22(17)29/h4-6,11-13,15,18H,7-10H2,1-3H3. The molecular weight excluding hydrogens is 411 g/mol. The lowest BCUT2D eigenvalue weighted by Crippen LogP contribution is -2.44. The number of nitriles is 1. The third-order valence-electron chi connectivity index (χ3n) is 5.23. The van der Waals surface area contributed by atoms with Crippen molar-refractivity contribution in [2.45, 2.75) is 45.3 Å². The number of carbonyl (C=O) groups excluding carboxylic acids is 1. The number of likely N-dealkylation sites (tertiary alicyclic amines) is 1. The Kier molecular flexibility index (Phi) is 5.74. The van der Waals surface area contributed by atoms with Crippen molar-refractivity contribution in [1.29, 1.82) is 5.26 Å². The number of benzene rings is 1. The van der Waals surface area contributed by atoms with Gasteiger partial charge in [-0.1, -0.05) is 0 Å². The Morgan fingerprint density at radius 3 is 2.59 bits per heavy atom. The largest absolute Gasteiger partial charge is 0.489 e. The molecule has 8 heteroatoms. The van der Waals surface area contributed by atoms with E-state index in [2.05, 4.69) is 4.98 Å². The summed E-state index contributed by atoms with van der Waals surface area (Å²) in [5.41, 5.74) is 0.144. The number of pyridine rings is 1. The SMILES string of the molecule is CC(C)(C)OC(=O)N1CCC(Oc2ccc(-n3ccc4cc(C#N)cc(F)c43)nc2)CC1. The van der Waals surface area contributed by atoms with Crippen LogP contribution in [0.15, 0.2) is 42.7 Å². The van der Waals surface area contributed by atoms with E-state index in [1.54, 1.807) is 46.1 Å². The molecule has 3 heterocycles. The maximum absolute atomic E-state index is 14.5. The van der Waals surface area contributed by atoms with Gasteiger partial charge in [0.05, 0.1) is 23.3 Å². The molecular formula is C24H25FN4O3. The van der Waals surface area contributed by atoms with E-state index in [4.69, 9.17) is 14.7 Å². The van der Waals surface area contributed by atoms with Crippen LogP contribution in [0.25, 0.3) is 16.7 Å². The monoisotopic (exact) mass is 436 g/mol. The van der Waals surface area contributed by atoms with Crippen molar-refractivity contribution in [3.05, 3.63) is 54.1 Å². The van der Waals surface area contributed by atoms with E-state index in [1.165, 1.54) is 6.07 Å². The van der Waals surface area contributed by atoms with Crippen LogP contribution in [-0.2, 0) is 4.74 Å². The normalized spacial score (nSPS) is 14.9. The van der Waals surface area contributed by atoms with Gasteiger partial charge in [0.1, 0.15) is 29.1 Å². The Morgan fingerprint density at radius 2 is 1.97 bits per heavy atom. The molecule has 0 saturated carbocycles. The lowest BCUT2D eigenvalue weighted by Gasteiger charge is -2.33. The second-order valence-electron chi connectivity index (χ2n) is 8.83. The third kappa shape index (κ3) is 4.67. The van der Waals surface area contributed by atoms with Gasteiger partial charge < -0.3 is 14.4 Å². The van der Waals surface area contributed by atoms with Crippen LogP contribution in [0, 0.1) is 17.1 Å². The van der Waals surface area contributed by atoms with E-state index in [-0.39, 0.29) is 17.8 Å². The van der Waals surface area contributed by atoms with Crippen molar-refractivity contribution in [2.75, 3.05) is 13.1 Å². The number of aromatic nitrogens is 2. The fourth-order valence-corrected chi connectivity index (χ4v) is 3.75. The van der Waals surface area contributed by atoms with Crippen molar-refractivity contribution in [3.8, 4) is 17.6 Å². The summed E-state index contributed by atoms with van der Waals surface area (Å²) in [6.45, 7) is 6.71. The molecule has 1 aromatic carbocycles. The number of hydrogen-bond donors (Lipinski definition) is 0. The van der Waals surface area contributed by atoms with Crippen LogP contribution in [0.1, 0.15) is 39.2 Å². The minimum absolute atomic E-state index is 0.0180. The molecule has 0 aliphatic carbocycles. The van der Waals surface area contributed by atoms with Crippen LogP contribution in [0.5, 0.6) is 5.75 Å². The van der Waals surface area contributed by atoms with Gasteiger partial charge in [0.2, 0.25) is 0 Å². The second-order valence-corrected chi connectivity index (χ2v) is 8.83. The number of amides is 1. The van der Waals surface area contributed by atoms with Gasteiger partial charge in [0.25, 0.3) is 0 Å². The summed E-state index contributed by atoms with van der Waals surface area (Å²) in [6, 6.07) is 10.2. The average Bonchev–Trinajstić information content (AvgIpc) is 3.18. The van der Waals surface area contributed by atoms with Gasteiger partial charge >= 0.3 is 6.09 Å². The molecule has 0 N–H and O–H groups in total. The second kappa shape index (κ2) is 8.50. The summed E-state index contributed by atoms with van der Waals surface area (Å²) in [4.78, 5) is 18.3. The van der Waals surface area contributed by atoms with E-state index >= 15 is 0 Å². The fourth-order valence-electron chi connectivity index (χ4n) is 3.75. The summed E-state index contributed by atoms with van der Waals surface area (Å²) in [5.74, 6) is 0.701. The third-order valence-corrected chi connectivity index (χ3v) is 5.23. The molecule has 166 valence electrons. The zero-order valence-electron chi connectivity index (χ0n) is 18.3. The summed E-state index contributed by atoms with van der Waals surface area (Å²) in [7, 11) is 0. The van der Waals surface area contributed by atoms with Crippen LogP contribution in [0.3, 0.4) is 0 Å². The summed E-state index contributed by atoms with van der Waals surface area (Å²) in [6.07, 6.45) is 4.43. The van der Waals surface area contributed by atoms with E-state index in [0.29, 0.717) is 48.4 Å². The lowest BCUT2D eigenvalue weighted by atomic mass is 10.1. The van der Waals surface area contributed by atoms with Gasteiger partial charge in [0, 0.05) is 37.5 Å². The fraction of sp³-hybridized carbons (Fsp3) is 0.375. The number of ether oxygens (including phenoxy) is 2. The molecule has 0 spiro atoms. The zero-order valence-corrected chi connectivity index (χ0v) is 18.3. The van der Waals surface area contributed by atoms with E-state index in [1.807, 2.05) is 26.8 Å². The highest BCUT2D eigenvalue weighted by atomic mass is 19.1. The Labute approximate surface area is 186 Å². The van der Waals surface area contributed by atoms with Gasteiger partial charge in [-0.2, -0.15) is 5.26 Å². The first-order chi connectivity index (χ1) is 15.2. The summed E-state index contributed by atoms with van der Waals surface area (Å²) < 4.78 is 27.6. The first kappa shape index (κ1) is 21.6. The molecule has 3 aromatic rings. The molecule has 2 aromatic heterocycles. The highest BCUT2D eigenvalue weighted by molar-refractivity contribution is 5.83. The molecule has 0 radical (unpaired) electrons. The van der Waals surface area contributed by atoms with Crippen molar-refractivity contribution < 1.29 is 18.7 Å². The lowest BCUT2D eigenvalue weighted by molar-refractivity contribution is 0.0126. The number of piperidine rings is 1. The average molecular weight is 436 g/mol. The molecule has 32 heavy (non-hydrogen) atoms. The van der Waals surface area contributed by atoms with Crippen LogP contribution < -0.4 is 4.74 Å². The molecule has 1 fully saturated rings. The van der Waals surface area contributed by atoms with Gasteiger partial charge in [-0.25, -0.2) is 14.2 Å². The number of fused-ring (bicyclic) bond motifs is 1. The molecule has 4 rings (SSSR count). The Hall–Kier alpha value is -3.60. The first-order valence-electron chi connectivity index (χ1n) is 10.6. The molecule has 7 nitrogen and oxygen atoms in total. The predicted octanol–water partition coefficient (Wildman–Crippen LogP) is 4.81. The van der Waals surface area contributed by atoms with E-state index in [9.17, 15) is 9.18 Å². The van der Waals surface area contributed by atoms with Crippen molar-refractivity contribution in [3.63, 3.8) is 0 Å². The maximum Gasteiger partial charge on any atom is 0.410 e. The zero-order chi connectivity index (χ0) is 22.9. The number of nitrogens with zero attached hydrogens (tertiary/aromatic N) is 4. The Morgan fingerprint density at radius 1 is 1.22 bits per heavy atom. The highest BCUT2D eigenvalue weighted by Crippen LogP contribution is 2.26. The molecule has 0 bridgehead atoms. The minimum atomic E-state index is -0.510. The highest BCUT2D eigenvalue weighted by Gasteiger charge is 2.27. The Bertz CT molecular complexity index is 1170. The van der Waals surface area contributed by atoms with Crippen LogP contribution in [-0.4, -0.2) is 45.3 Å². The topological polar surface area (TPSA) is 80.4 Å². The van der Waals surface area contributed by atoms with Gasteiger partial charge in [-0.15, -0.1) is 0 Å². The molecule has 1 amide bonds.